The van der Waals surface area contributed by atoms with Crippen molar-refractivity contribution in [3.05, 3.63) is 131 Å². The van der Waals surface area contributed by atoms with Gasteiger partial charge in [0, 0.05) is 74.1 Å². The summed E-state index contributed by atoms with van der Waals surface area (Å²) in [6, 6.07) is 30.8. The van der Waals surface area contributed by atoms with Crippen LogP contribution in [0.2, 0.25) is 5.02 Å². The Balaban J connectivity index is 1.29. The quantitative estimate of drug-likeness (QED) is 0.206. The summed E-state index contributed by atoms with van der Waals surface area (Å²) >= 11 is 6.16. The molecule has 0 bridgehead atoms. The number of likely N-dealkylation sites (tertiary alicyclic amines) is 1. The Hall–Kier alpha value is -3.93. The Kier molecular flexibility index (Phi) is 9.27. The molecule has 1 aliphatic rings. The molecule has 5 rings (SSSR count). The number of amides is 1. The van der Waals surface area contributed by atoms with Crippen LogP contribution in [0.25, 0.3) is 6.08 Å². The number of hydrogen-bond donors (Lipinski definition) is 0. The third-order valence-electron chi connectivity index (χ3n) is 7.52. The summed E-state index contributed by atoms with van der Waals surface area (Å²) in [5.74, 6) is 0.0273. The number of carbonyl (C=O) groups is 1. The van der Waals surface area contributed by atoms with Crippen molar-refractivity contribution in [2.24, 2.45) is 0 Å². The maximum atomic E-state index is 13.6. The van der Waals surface area contributed by atoms with Crippen LogP contribution in [-0.2, 0) is 17.9 Å². The topological polar surface area (TPSA) is 39.7 Å². The molecule has 0 atom stereocenters. The molecule has 1 amide bonds. The van der Waals surface area contributed by atoms with E-state index in [-0.39, 0.29) is 11.9 Å². The minimum Gasteiger partial charge on any atom is -0.345 e. The van der Waals surface area contributed by atoms with Gasteiger partial charge in [0.15, 0.2) is 0 Å². The van der Waals surface area contributed by atoms with E-state index in [4.69, 9.17) is 11.6 Å². The van der Waals surface area contributed by atoms with Crippen molar-refractivity contribution >= 4 is 35.0 Å². The van der Waals surface area contributed by atoms with Crippen molar-refractivity contribution in [1.29, 1.82) is 0 Å². The second-order valence-corrected chi connectivity index (χ2v) is 10.7. The number of halogens is 1. The Morgan fingerprint density at radius 1 is 0.900 bits per heavy atom. The van der Waals surface area contributed by atoms with Crippen LogP contribution in [0.5, 0.6) is 0 Å². The highest BCUT2D eigenvalue weighted by molar-refractivity contribution is 6.30. The zero-order chi connectivity index (χ0) is 27.7. The standard InChI is InChI=1S/C34H35ClN4O/c1-37(32-16-20-36-21-17-32)31-13-10-29(11-14-31)26-39(34(40)15-12-27-8-5-9-30(35)24-27)33-18-22-38(23-19-33)25-28-6-3-2-4-7-28/h2-17,20-21,24,33H,18-19,22-23,25-26H2,1H3/b15-12+. The first-order chi connectivity index (χ1) is 19.5. The van der Waals surface area contributed by atoms with Gasteiger partial charge >= 0.3 is 0 Å². The molecule has 0 saturated carbocycles. The highest BCUT2D eigenvalue weighted by Gasteiger charge is 2.27. The molecule has 2 heterocycles. The predicted octanol–water partition coefficient (Wildman–Crippen LogP) is 7.21. The van der Waals surface area contributed by atoms with E-state index in [0.717, 1.165) is 55.0 Å². The second kappa shape index (κ2) is 13.4. The molecule has 0 unspecified atom stereocenters. The molecule has 0 spiro atoms. The Bertz CT molecular complexity index is 1400. The lowest BCUT2D eigenvalue weighted by molar-refractivity contribution is -0.130. The largest absolute Gasteiger partial charge is 0.345 e. The Morgan fingerprint density at radius 2 is 1.60 bits per heavy atom. The zero-order valence-electron chi connectivity index (χ0n) is 22.9. The summed E-state index contributed by atoms with van der Waals surface area (Å²) in [4.78, 5) is 24.4. The fourth-order valence-electron chi connectivity index (χ4n) is 5.23. The van der Waals surface area contributed by atoms with Gasteiger partial charge < -0.3 is 9.80 Å². The number of hydrogen-bond acceptors (Lipinski definition) is 4. The number of benzene rings is 3. The number of nitrogens with zero attached hydrogens (tertiary/aromatic N) is 4. The Labute approximate surface area is 242 Å². The van der Waals surface area contributed by atoms with Gasteiger partial charge in [-0.2, -0.15) is 0 Å². The van der Waals surface area contributed by atoms with Gasteiger partial charge in [0.05, 0.1) is 0 Å². The molecule has 1 saturated heterocycles. The van der Waals surface area contributed by atoms with Crippen LogP contribution in [0.3, 0.4) is 0 Å². The van der Waals surface area contributed by atoms with Crippen molar-refractivity contribution in [2.45, 2.75) is 32.0 Å². The lowest BCUT2D eigenvalue weighted by Gasteiger charge is -2.38. The summed E-state index contributed by atoms with van der Waals surface area (Å²) in [5.41, 5.74) is 5.52. The molecule has 5 nitrogen and oxygen atoms in total. The Morgan fingerprint density at radius 3 is 2.30 bits per heavy atom. The summed E-state index contributed by atoms with van der Waals surface area (Å²) in [6.07, 6.45) is 9.04. The molecule has 1 fully saturated rings. The fourth-order valence-corrected chi connectivity index (χ4v) is 5.43. The number of rotatable bonds is 9. The van der Waals surface area contributed by atoms with Crippen molar-refractivity contribution in [2.75, 3.05) is 25.0 Å². The molecular formula is C34H35ClN4O. The summed E-state index contributed by atoms with van der Waals surface area (Å²) < 4.78 is 0. The first-order valence-corrected chi connectivity index (χ1v) is 14.2. The molecule has 0 N–H and O–H groups in total. The predicted molar refractivity (Wildman–Crippen MR) is 165 cm³/mol. The smallest absolute Gasteiger partial charge is 0.247 e. The lowest BCUT2D eigenvalue weighted by Crippen LogP contribution is -2.46. The summed E-state index contributed by atoms with van der Waals surface area (Å²) in [7, 11) is 2.05. The zero-order valence-corrected chi connectivity index (χ0v) is 23.6. The number of carbonyl (C=O) groups excluding carboxylic acids is 1. The van der Waals surface area contributed by atoms with Gasteiger partial charge in [0.1, 0.15) is 0 Å². The molecular weight excluding hydrogens is 516 g/mol. The number of pyridine rings is 1. The molecule has 1 aliphatic heterocycles. The molecule has 0 radical (unpaired) electrons. The number of piperidine rings is 1. The van der Waals surface area contributed by atoms with Crippen LogP contribution in [-0.4, -0.2) is 46.9 Å². The van der Waals surface area contributed by atoms with E-state index in [9.17, 15) is 4.79 Å². The van der Waals surface area contributed by atoms with Crippen LogP contribution >= 0.6 is 11.6 Å². The molecule has 204 valence electrons. The maximum Gasteiger partial charge on any atom is 0.247 e. The van der Waals surface area contributed by atoms with E-state index in [1.165, 1.54) is 5.56 Å². The molecule has 4 aromatic rings. The summed E-state index contributed by atoms with van der Waals surface area (Å²) in [6.45, 7) is 3.46. The molecule has 0 aliphatic carbocycles. The average molecular weight is 551 g/mol. The highest BCUT2D eigenvalue weighted by atomic mass is 35.5. The monoisotopic (exact) mass is 550 g/mol. The van der Waals surface area contributed by atoms with Crippen molar-refractivity contribution in [1.82, 2.24) is 14.8 Å². The van der Waals surface area contributed by atoms with E-state index < -0.39 is 0 Å². The second-order valence-electron chi connectivity index (χ2n) is 10.3. The van der Waals surface area contributed by atoms with Gasteiger partial charge in [-0.3, -0.25) is 14.7 Å². The van der Waals surface area contributed by atoms with Gasteiger partial charge in [-0.25, -0.2) is 0 Å². The van der Waals surface area contributed by atoms with Gasteiger partial charge in [0.25, 0.3) is 0 Å². The third-order valence-corrected chi connectivity index (χ3v) is 7.76. The third kappa shape index (κ3) is 7.38. The van der Waals surface area contributed by atoms with Crippen molar-refractivity contribution in [3.63, 3.8) is 0 Å². The summed E-state index contributed by atoms with van der Waals surface area (Å²) in [5, 5.41) is 0.661. The first kappa shape index (κ1) is 27.6. The average Bonchev–Trinajstić information content (AvgIpc) is 3.00. The van der Waals surface area contributed by atoms with Gasteiger partial charge in [-0.05, 0) is 72.0 Å². The van der Waals surface area contributed by atoms with E-state index in [1.807, 2.05) is 54.4 Å². The minimum absolute atomic E-state index is 0.0273. The highest BCUT2D eigenvalue weighted by Crippen LogP contribution is 2.25. The van der Waals surface area contributed by atoms with Gasteiger partial charge in [-0.15, -0.1) is 0 Å². The molecule has 3 aromatic carbocycles. The first-order valence-electron chi connectivity index (χ1n) is 13.8. The number of anilines is 2. The van der Waals surface area contributed by atoms with Crippen LogP contribution in [0.15, 0.2) is 109 Å². The molecule has 1 aromatic heterocycles. The van der Waals surface area contributed by atoms with E-state index in [1.54, 1.807) is 18.5 Å². The van der Waals surface area contributed by atoms with E-state index >= 15 is 0 Å². The van der Waals surface area contributed by atoms with E-state index in [0.29, 0.717) is 11.6 Å². The van der Waals surface area contributed by atoms with Crippen LogP contribution < -0.4 is 4.90 Å². The fraction of sp³-hybridized carbons (Fsp3) is 0.235. The van der Waals surface area contributed by atoms with Crippen molar-refractivity contribution in [3.8, 4) is 0 Å². The molecule has 40 heavy (non-hydrogen) atoms. The van der Waals surface area contributed by atoms with Crippen LogP contribution in [0.1, 0.15) is 29.5 Å². The van der Waals surface area contributed by atoms with Gasteiger partial charge in [0.2, 0.25) is 5.91 Å². The molecule has 6 heteroatoms. The minimum atomic E-state index is 0.0273. The van der Waals surface area contributed by atoms with Crippen molar-refractivity contribution < 1.29 is 4.79 Å². The van der Waals surface area contributed by atoms with Gasteiger partial charge in [-0.1, -0.05) is 66.2 Å². The normalized spacial score (nSPS) is 14.3. The number of aromatic nitrogens is 1. The maximum absolute atomic E-state index is 13.6. The van der Waals surface area contributed by atoms with Crippen LogP contribution in [0, 0.1) is 0 Å². The van der Waals surface area contributed by atoms with E-state index in [2.05, 4.69) is 69.4 Å². The van der Waals surface area contributed by atoms with Crippen LogP contribution in [0.4, 0.5) is 11.4 Å². The lowest BCUT2D eigenvalue weighted by atomic mass is 10.0. The SMILES string of the molecule is CN(c1ccncc1)c1ccc(CN(C(=O)/C=C/c2cccc(Cl)c2)C2CCN(Cc3ccccc3)CC2)cc1.